The standard InChI is InChI=1S/C31H43N7O5S/c1-30(2,3)27-20-28(34-29(39)33-24-8-12-26(13-9-24)43-19-16-36-14-17-42-18-15-36)38(35-27)25-10-6-23(7-11-25)21-37-31(4,5)22-32-44(37,40)41/h6-13,20,32H,14-19,21-22H2,1-5H3,(H2,33,34,39). The molecule has 0 atom stereocenters. The van der Waals surface area contributed by atoms with Crippen LogP contribution in [0.2, 0.25) is 0 Å². The van der Waals surface area contributed by atoms with Crippen molar-refractivity contribution in [2.75, 3.05) is 56.6 Å². The Kier molecular flexibility index (Phi) is 9.33. The molecule has 13 heteroatoms. The fourth-order valence-electron chi connectivity index (χ4n) is 5.03. The molecule has 238 valence electrons. The minimum Gasteiger partial charge on any atom is -0.492 e. The maximum atomic E-state index is 13.0. The molecule has 0 unspecified atom stereocenters. The number of nitrogens with one attached hydrogen (secondary N) is 3. The number of rotatable bonds is 9. The van der Waals surface area contributed by atoms with Crippen LogP contribution in [-0.2, 0) is 26.9 Å². The van der Waals surface area contributed by atoms with E-state index in [-0.39, 0.29) is 12.0 Å². The van der Waals surface area contributed by atoms with E-state index in [0.29, 0.717) is 24.7 Å². The normalized spacial score (nSPS) is 18.7. The van der Waals surface area contributed by atoms with Crippen LogP contribution in [0.5, 0.6) is 5.75 Å². The van der Waals surface area contributed by atoms with Crippen LogP contribution in [0.4, 0.5) is 16.3 Å². The topological polar surface area (TPSA) is 130 Å². The summed E-state index contributed by atoms with van der Waals surface area (Å²) in [6.45, 7) is 15.4. The summed E-state index contributed by atoms with van der Waals surface area (Å²) in [6.07, 6.45) is 0. The highest BCUT2D eigenvalue weighted by atomic mass is 32.2. The molecule has 0 bridgehead atoms. The Balaban J connectivity index is 1.23. The van der Waals surface area contributed by atoms with Gasteiger partial charge in [-0.05, 0) is 55.8 Å². The SMILES string of the molecule is CC(C)(C)c1cc(NC(=O)Nc2ccc(OCCN3CCOCC3)cc2)n(-c2ccc(CN3C(C)(C)CNS3(=O)=O)cc2)n1. The van der Waals surface area contributed by atoms with Gasteiger partial charge in [0.05, 0.1) is 24.6 Å². The van der Waals surface area contributed by atoms with E-state index in [1.807, 2.05) is 56.3 Å². The van der Waals surface area contributed by atoms with E-state index < -0.39 is 21.8 Å². The number of carbonyl (C=O) groups is 1. The molecule has 2 aliphatic heterocycles. The second-order valence-electron chi connectivity index (χ2n) is 12.8. The minimum atomic E-state index is -3.53. The Morgan fingerprint density at radius 2 is 1.73 bits per heavy atom. The van der Waals surface area contributed by atoms with Crippen molar-refractivity contribution in [1.29, 1.82) is 0 Å². The average Bonchev–Trinajstić information content (AvgIpc) is 3.49. The summed E-state index contributed by atoms with van der Waals surface area (Å²) < 4.78 is 42.0. The molecule has 1 aromatic heterocycles. The van der Waals surface area contributed by atoms with Crippen molar-refractivity contribution in [3.63, 3.8) is 0 Å². The van der Waals surface area contributed by atoms with Gasteiger partial charge in [-0.15, -0.1) is 0 Å². The number of hydrogen-bond acceptors (Lipinski definition) is 7. The molecule has 12 nitrogen and oxygen atoms in total. The highest BCUT2D eigenvalue weighted by Crippen LogP contribution is 2.29. The molecule has 2 aliphatic rings. The van der Waals surface area contributed by atoms with Crippen LogP contribution in [0.15, 0.2) is 54.6 Å². The first-order valence-corrected chi connectivity index (χ1v) is 16.3. The summed E-state index contributed by atoms with van der Waals surface area (Å²) in [5.74, 6) is 1.25. The summed E-state index contributed by atoms with van der Waals surface area (Å²) in [5, 5.41) is 10.6. The molecule has 0 spiro atoms. The first-order chi connectivity index (χ1) is 20.8. The van der Waals surface area contributed by atoms with Gasteiger partial charge >= 0.3 is 6.03 Å². The van der Waals surface area contributed by atoms with Crippen LogP contribution in [0.1, 0.15) is 45.9 Å². The highest BCUT2D eigenvalue weighted by Gasteiger charge is 2.42. The molecule has 3 aromatic rings. The van der Waals surface area contributed by atoms with Crippen molar-refractivity contribution >= 4 is 27.7 Å². The van der Waals surface area contributed by atoms with Crippen molar-refractivity contribution in [2.45, 2.75) is 52.1 Å². The number of morpholine rings is 1. The zero-order valence-electron chi connectivity index (χ0n) is 26.1. The third-order valence-electron chi connectivity index (χ3n) is 7.77. The summed E-state index contributed by atoms with van der Waals surface area (Å²) in [4.78, 5) is 15.4. The Morgan fingerprint density at radius 3 is 2.34 bits per heavy atom. The zero-order valence-corrected chi connectivity index (χ0v) is 26.9. The van der Waals surface area contributed by atoms with Crippen molar-refractivity contribution in [2.24, 2.45) is 0 Å². The third-order valence-corrected chi connectivity index (χ3v) is 9.48. The number of aromatic nitrogens is 2. The molecule has 44 heavy (non-hydrogen) atoms. The van der Waals surface area contributed by atoms with Gasteiger partial charge in [0.2, 0.25) is 0 Å². The number of amides is 2. The van der Waals surface area contributed by atoms with Gasteiger partial charge < -0.3 is 14.8 Å². The molecule has 2 saturated heterocycles. The lowest BCUT2D eigenvalue weighted by Gasteiger charge is -2.28. The second kappa shape index (κ2) is 12.9. The molecular weight excluding hydrogens is 582 g/mol. The van der Waals surface area contributed by atoms with E-state index in [1.165, 1.54) is 4.31 Å². The van der Waals surface area contributed by atoms with Gasteiger partial charge in [0.15, 0.2) is 0 Å². The van der Waals surface area contributed by atoms with Gasteiger partial charge in [0.25, 0.3) is 10.2 Å². The van der Waals surface area contributed by atoms with Crippen molar-refractivity contribution < 1.29 is 22.7 Å². The van der Waals surface area contributed by atoms with Gasteiger partial charge in [-0.2, -0.15) is 17.8 Å². The van der Waals surface area contributed by atoms with E-state index in [1.54, 1.807) is 16.8 Å². The Labute approximate surface area is 259 Å². The van der Waals surface area contributed by atoms with Crippen molar-refractivity contribution in [3.8, 4) is 11.4 Å². The molecule has 0 aliphatic carbocycles. The predicted octanol–water partition coefficient (Wildman–Crippen LogP) is 3.95. The molecule has 5 rings (SSSR count). The first-order valence-electron chi connectivity index (χ1n) is 14.9. The monoisotopic (exact) mass is 625 g/mol. The molecule has 2 amide bonds. The van der Waals surface area contributed by atoms with Gasteiger partial charge in [0.1, 0.15) is 18.2 Å². The van der Waals surface area contributed by atoms with Gasteiger partial charge in [-0.25, -0.2) is 14.2 Å². The minimum absolute atomic E-state index is 0.250. The van der Waals surface area contributed by atoms with E-state index in [4.69, 9.17) is 14.6 Å². The van der Waals surface area contributed by atoms with Crippen LogP contribution in [0, 0.1) is 0 Å². The lowest BCUT2D eigenvalue weighted by molar-refractivity contribution is 0.0322. The molecule has 0 radical (unpaired) electrons. The second-order valence-corrected chi connectivity index (χ2v) is 14.5. The quantitative estimate of drug-likeness (QED) is 0.328. The molecule has 0 saturated carbocycles. The Hall–Kier alpha value is -3.49. The number of hydrogen-bond donors (Lipinski definition) is 3. The number of urea groups is 1. The van der Waals surface area contributed by atoms with E-state index in [0.717, 1.165) is 55.5 Å². The number of nitrogens with zero attached hydrogens (tertiary/aromatic N) is 4. The van der Waals surface area contributed by atoms with Crippen LogP contribution in [0.3, 0.4) is 0 Å². The smallest absolute Gasteiger partial charge is 0.324 e. The fourth-order valence-corrected chi connectivity index (χ4v) is 6.76. The molecule has 3 N–H and O–H groups in total. The molecule has 2 aromatic carbocycles. The summed E-state index contributed by atoms with van der Waals surface area (Å²) in [7, 11) is -3.53. The molecule has 3 heterocycles. The summed E-state index contributed by atoms with van der Waals surface area (Å²) in [5.41, 5.74) is 2.24. The van der Waals surface area contributed by atoms with E-state index >= 15 is 0 Å². The lowest BCUT2D eigenvalue weighted by atomic mass is 9.92. The maximum absolute atomic E-state index is 13.0. The number of benzene rings is 2. The van der Waals surface area contributed by atoms with Crippen molar-refractivity contribution in [3.05, 3.63) is 65.9 Å². The number of ether oxygens (including phenoxy) is 2. The molecular formula is C31H43N7O5S. The van der Waals surface area contributed by atoms with Crippen LogP contribution < -0.4 is 20.1 Å². The van der Waals surface area contributed by atoms with E-state index in [9.17, 15) is 13.2 Å². The third kappa shape index (κ3) is 7.77. The number of carbonyl (C=O) groups excluding carboxylic acids is 1. The van der Waals surface area contributed by atoms with Gasteiger partial charge in [-0.1, -0.05) is 32.9 Å². The lowest BCUT2D eigenvalue weighted by Crippen LogP contribution is -2.41. The van der Waals surface area contributed by atoms with Crippen molar-refractivity contribution in [1.82, 2.24) is 23.7 Å². The van der Waals surface area contributed by atoms with Crippen LogP contribution >= 0.6 is 0 Å². The van der Waals surface area contributed by atoms with Gasteiger partial charge in [-0.3, -0.25) is 10.2 Å². The number of anilines is 2. The maximum Gasteiger partial charge on any atom is 0.324 e. The predicted molar refractivity (Wildman–Crippen MR) is 171 cm³/mol. The Bertz CT molecular complexity index is 1540. The van der Waals surface area contributed by atoms with Gasteiger partial charge in [0, 0.05) is 55.4 Å². The zero-order chi connectivity index (χ0) is 31.5. The molecule has 2 fully saturated rings. The summed E-state index contributed by atoms with van der Waals surface area (Å²) >= 11 is 0. The van der Waals surface area contributed by atoms with Crippen LogP contribution in [0.25, 0.3) is 5.69 Å². The van der Waals surface area contributed by atoms with E-state index in [2.05, 4.69) is 41.0 Å². The largest absolute Gasteiger partial charge is 0.492 e. The van der Waals surface area contributed by atoms with Crippen LogP contribution in [-0.4, -0.2) is 85.0 Å². The fraction of sp³-hybridized carbons (Fsp3) is 0.484. The Morgan fingerprint density at radius 1 is 1.05 bits per heavy atom. The summed E-state index contributed by atoms with van der Waals surface area (Å²) in [6, 6.07) is 16.2. The average molecular weight is 626 g/mol. The highest BCUT2D eigenvalue weighted by molar-refractivity contribution is 7.87. The first kappa shape index (κ1) is 31.9.